The van der Waals surface area contributed by atoms with Crippen molar-refractivity contribution < 1.29 is 8.42 Å². The van der Waals surface area contributed by atoms with Crippen molar-refractivity contribution in [3.8, 4) is 11.8 Å². The van der Waals surface area contributed by atoms with E-state index in [4.69, 9.17) is 5.73 Å². The number of hydrogen-bond donors (Lipinski definition) is 3. The van der Waals surface area contributed by atoms with Crippen LogP contribution in [0.1, 0.15) is 24.4 Å². The second kappa shape index (κ2) is 6.49. The summed E-state index contributed by atoms with van der Waals surface area (Å²) in [4.78, 5) is 10.8. The maximum atomic E-state index is 12.3. The Labute approximate surface area is 123 Å². The van der Waals surface area contributed by atoms with E-state index in [0.717, 1.165) is 0 Å². The predicted octanol–water partition coefficient (Wildman–Crippen LogP) is 0.154. The quantitative estimate of drug-likeness (QED) is 0.696. The Morgan fingerprint density at radius 3 is 2.95 bits per heavy atom. The Morgan fingerprint density at radius 2 is 2.29 bits per heavy atom. The molecule has 2 heterocycles. The van der Waals surface area contributed by atoms with Crippen LogP contribution in [0.25, 0.3) is 0 Å². The first-order valence-electron chi connectivity index (χ1n) is 6.18. The zero-order valence-electron chi connectivity index (χ0n) is 11.4. The maximum Gasteiger partial charge on any atom is 0.242 e. The highest BCUT2D eigenvalue weighted by Gasteiger charge is 2.20. The molecule has 0 fully saturated rings. The van der Waals surface area contributed by atoms with E-state index in [0.29, 0.717) is 11.4 Å². The van der Waals surface area contributed by atoms with E-state index in [1.165, 1.54) is 18.5 Å². The molecule has 8 heteroatoms. The molecule has 0 amide bonds. The van der Waals surface area contributed by atoms with E-state index >= 15 is 0 Å². The number of pyridine rings is 1. The van der Waals surface area contributed by atoms with E-state index in [9.17, 15) is 8.42 Å². The van der Waals surface area contributed by atoms with Crippen molar-refractivity contribution in [2.75, 3.05) is 6.54 Å². The molecule has 0 aliphatic heterocycles. The van der Waals surface area contributed by atoms with E-state index in [1.54, 1.807) is 19.3 Å². The molecule has 2 rings (SSSR count). The summed E-state index contributed by atoms with van der Waals surface area (Å²) in [6.45, 7) is 1.90. The number of nitrogens with one attached hydrogen (secondary N) is 2. The van der Waals surface area contributed by atoms with Crippen LogP contribution in [0, 0.1) is 11.8 Å². The van der Waals surface area contributed by atoms with E-state index in [-0.39, 0.29) is 11.4 Å². The fourth-order valence-electron chi connectivity index (χ4n) is 1.66. The third kappa shape index (κ3) is 3.88. The minimum absolute atomic E-state index is 0.0460. The molecule has 0 saturated heterocycles. The van der Waals surface area contributed by atoms with Crippen molar-refractivity contribution in [1.29, 1.82) is 0 Å². The van der Waals surface area contributed by atoms with Crippen LogP contribution >= 0.6 is 0 Å². The number of rotatable bonds is 4. The molecule has 0 spiro atoms. The summed E-state index contributed by atoms with van der Waals surface area (Å²) in [6, 6.07) is 0.969. The van der Waals surface area contributed by atoms with Gasteiger partial charge in [0.1, 0.15) is 10.7 Å². The molecule has 0 bridgehead atoms. The molecule has 1 atom stereocenters. The van der Waals surface area contributed by atoms with Crippen molar-refractivity contribution in [2.24, 2.45) is 5.73 Å². The third-order valence-corrected chi connectivity index (χ3v) is 4.13. The summed E-state index contributed by atoms with van der Waals surface area (Å²) in [5.74, 6) is 5.94. The highest BCUT2D eigenvalue weighted by atomic mass is 32.2. The van der Waals surface area contributed by atoms with Crippen molar-refractivity contribution in [3.05, 3.63) is 42.2 Å². The van der Waals surface area contributed by atoms with Gasteiger partial charge in [0, 0.05) is 30.4 Å². The molecule has 2 aromatic heterocycles. The van der Waals surface area contributed by atoms with Crippen molar-refractivity contribution in [2.45, 2.75) is 17.9 Å². The first-order valence-corrected chi connectivity index (χ1v) is 7.67. The molecule has 1 unspecified atom stereocenters. The number of imidazole rings is 1. The monoisotopic (exact) mass is 305 g/mol. The topological polar surface area (TPSA) is 114 Å². The van der Waals surface area contributed by atoms with Crippen LogP contribution in [0.15, 0.2) is 35.7 Å². The van der Waals surface area contributed by atoms with E-state index in [1.807, 2.05) is 0 Å². The van der Waals surface area contributed by atoms with Gasteiger partial charge in [0.05, 0.1) is 12.6 Å². The summed E-state index contributed by atoms with van der Waals surface area (Å²) in [6.07, 6.45) is 5.94. The lowest BCUT2D eigenvalue weighted by molar-refractivity contribution is 0.560. The van der Waals surface area contributed by atoms with Gasteiger partial charge >= 0.3 is 0 Å². The standard InChI is InChI=1S/C13H15N5O2S/c1-10(13-16-5-6-17-13)18-21(19,20)12-7-11(3-2-4-14)8-15-9-12/h5-10,18H,4,14H2,1H3,(H,16,17). The maximum absolute atomic E-state index is 12.3. The zero-order chi connectivity index (χ0) is 15.3. The molecule has 110 valence electrons. The molecule has 4 N–H and O–H groups in total. The lowest BCUT2D eigenvalue weighted by Crippen LogP contribution is -2.27. The molecule has 7 nitrogen and oxygen atoms in total. The largest absolute Gasteiger partial charge is 0.347 e. The van der Waals surface area contributed by atoms with Gasteiger partial charge in [-0.15, -0.1) is 0 Å². The van der Waals surface area contributed by atoms with Gasteiger partial charge in [-0.3, -0.25) is 4.98 Å². The van der Waals surface area contributed by atoms with Crippen LogP contribution in [-0.4, -0.2) is 29.9 Å². The van der Waals surface area contributed by atoms with Gasteiger partial charge in [0.15, 0.2) is 0 Å². The Bertz CT molecular complexity index is 759. The Kier molecular flexibility index (Phi) is 4.70. The predicted molar refractivity (Wildman–Crippen MR) is 77.5 cm³/mol. The summed E-state index contributed by atoms with van der Waals surface area (Å²) >= 11 is 0. The number of aromatic nitrogens is 3. The number of nitrogens with two attached hydrogens (primary N) is 1. The van der Waals surface area contributed by atoms with Gasteiger partial charge in [-0.05, 0) is 13.0 Å². The molecule has 21 heavy (non-hydrogen) atoms. The Hall–Kier alpha value is -2.21. The second-order valence-electron chi connectivity index (χ2n) is 4.23. The Morgan fingerprint density at radius 1 is 1.48 bits per heavy atom. The number of H-pyrrole nitrogens is 1. The first kappa shape index (κ1) is 15.2. The molecular weight excluding hydrogens is 290 g/mol. The van der Waals surface area contributed by atoms with Crippen LogP contribution in [0.3, 0.4) is 0 Å². The highest BCUT2D eigenvalue weighted by Crippen LogP contribution is 2.14. The minimum atomic E-state index is -3.70. The van der Waals surface area contributed by atoms with Crippen LogP contribution in [0.4, 0.5) is 0 Å². The number of sulfonamides is 1. The van der Waals surface area contributed by atoms with E-state index in [2.05, 4.69) is 31.5 Å². The van der Waals surface area contributed by atoms with Crippen LogP contribution in [0.2, 0.25) is 0 Å². The van der Waals surface area contributed by atoms with Gasteiger partial charge < -0.3 is 10.7 Å². The smallest absolute Gasteiger partial charge is 0.242 e. The number of hydrogen-bond acceptors (Lipinski definition) is 5. The highest BCUT2D eigenvalue weighted by molar-refractivity contribution is 7.89. The number of aromatic amines is 1. The molecule has 0 aromatic carbocycles. The van der Waals surface area contributed by atoms with Gasteiger partial charge in [-0.2, -0.15) is 0 Å². The molecule has 2 aromatic rings. The van der Waals surface area contributed by atoms with Gasteiger partial charge in [0.25, 0.3) is 0 Å². The van der Waals surface area contributed by atoms with Crippen LogP contribution in [0.5, 0.6) is 0 Å². The van der Waals surface area contributed by atoms with Crippen molar-refractivity contribution in [3.63, 3.8) is 0 Å². The van der Waals surface area contributed by atoms with Gasteiger partial charge in [-0.25, -0.2) is 18.1 Å². The lowest BCUT2D eigenvalue weighted by Gasteiger charge is -2.12. The van der Waals surface area contributed by atoms with Gasteiger partial charge in [-0.1, -0.05) is 11.8 Å². The zero-order valence-corrected chi connectivity index (χ0v) is 12.2. The molecule has 0 saturated carbocycles. The average Bonchev–Trinajstić information content (AvgIpc) is 2.99. The fraction of sp³-hybridized carbons (Fsp3) is 0.231. The van der Waals surface area contributed by atoms with Crippen molar-refractivity contribution >= 4 is 10.0 Å². The Balaban J connectivity index is 2.23. The van der Waals surface area contributed by atoms with Gasteiger partial charge in [0.2, 0.25) is 10.0 Å². The fourth-order valence-corrected chi connectivity index (χ4v) is 2.85. The third-order valence-electron chi connectivity index (χ3n) is 2.62. The second-order valence-corrected chi connectivity index (χ2v) is 5.95. The number of nitrogens with zero attached hydrogens (tertiary/aromatic N) is 2. The lowest BCUT2D eigenvalue weighted by atomic mass is 10.3. The normalized spacial score (nSPS) is 12.5. The molecule has 0 aliphatic carbocycles. The summed E-state index contributed by atoms with van der Waals surface area (Å²) < 4.78 is 27.1. The first-order chi connectivity index (χ1) is 10.0. The molecule has 0 aliphatic rings. The minimum Gasteiger partial charge on any atom is -0.347 e. The summed E-state index contributed by atoms with van der Waals surface area (Å²) in [7, 11) is -3.70. The van der Waals surface area contributed by atoms with E-state index < -0.39 is 16.1 Å². The summed E-state index contributed by atoms with van der Waals surface area (Å²) in [5.41, 5.74) is 5.78. The summed E-state index contributed by atoms with van der Waals surface area (Å²) in [5, 5.41) is 0. The average molecular weight is 305 g/mol. The SMILES string of the molecule is CC(NS(=O)(=O)c1cncc(C#CCN)c1)c1ncc[nH]1. The molecule has 0 radical (unpaired) electrons. The van der Waals surface area contributed by atoms with Crippen molar-refractivity contribution in [1.82, 2.24) is 19.7 Å². The van der Waals surface area contributed by atoms with Crippen LogP contribution < -0.4 is 10.5 Å². The molecular formula is C13H15N5O2S. The van der Waals surface area contributed by atoms with Crippen LogP contribution in [-0.2, 0) is 10.0 Å².